The normalized spacial score (nSPS) is 11.0. The van der Waals surface area contributed by atoms with E-state index in [9.17, 15) is 5.26 Å². The molecule has 0 aliphatic heterocycles. The van der Waals surface area contributed by atoms with Gasteiger partial charge in [0.15, 0.2) is 11.5 Å². The Morgan fingerprint density at radius 2 is 1.16 bits per heavy atom. The predicted octanol–water partition coefficient (Wildman–Crippen LogP) is 8.66. The fourth-order valence-corrected chi connectivity index (χ4v) is 4.79. The number of hydrogen-bond acceptors (Lipinski definition) is 3. The SMILES string of the molecule is COc1ccc(C(=CC#N)c2cc(-c3ccccc3-c3ccccc3)ccc2-c2ccccc2)cc1OC. The van der Waals surface area contributed by atoms with Crippen LogP contribution in [0.15, 0.2) is 127 Å². The minimum absolute atomic E-state index is 0.612. The molecule has 3 nitrogen and oxygen atoms in total. The fourth-order valence-electron chi connectivity index (χ4n) is 4.79. The van der Waals surface area contributed by atoms with E-state index in [-0.39, 0.29) is 0 Å². The number of benzene rings is 5. The summed E-state index contributed by atoms with van der Waals surface area (Å²) < 4.78 is 11.0. The third kappa shape index (κ3) is 4.93. The van der Waals surface area contributed by atoms with Crippen molar-refractivity contribution in [3.8, 4) is 50.9 Å². The molecule has 0 saturated heterocycles. The maximum absolute atomic E-state index is 9.84. The zero-order valence-electron chi connectivity index (χ0n) is 21.4. The number of ether oxygens (including phenoxy) is 2. The van der Waals surface area contributed by atoms with Crippen LogP contribution in [0.25, 0.3) is 39.0 Å². The highest BCUT2D eigenvalue weighted by molar-refractivity contribution is 5.93. The Morgan fingerprint density at radius 3 is 1.76 bits per heavy atom. The first-order valence-corrected chi connectivity index (χ1v) is 12.4. The second kappa shape index (κ2) is 11.3. The standard InChI is InChI=1S/C35H27NO2/c1-37-34-20-18-28(24-35(34)38-2)32(21-22-36)33-23-27(17-19-31(33)26-13-7-4-8-14-26)30-16-10-9-15-29(30)25-11-5-3-6-12-25/h3-21,23-24H,1-2H3. The van der Waals surface area contributed by atoms with Gasteiger partial charge in [-0.05, 0) is 62.7 Å². The van der Waals surface area contributed by atoms with Gasteiger partial charge < -0.3 is 9.47 Å². The van der Waals surface area contributed by atoms with Crippen LogP contribution in [0.4, 0.5) is 0 Å². The Kier molecular flexibility index (Phi) is 7.34. The van der Waals surface area contributed by atoms with Crippen LogP contribution in [0.1, 0.15) is 11.1 Å². The Labute approximate surface area is 223 Å². The van der Waals surface area contributed by atoms with Gasteiger partial charge in [-0.3, -0.25) is 0 Å². The summed E-state index contributed by atoms with van der Waals surface area (Å²) >= 11 is 0. The van der Waals surface area contributed by atoms with E-state index in [1.54, 1.807) is 20.3 Å². The van der Waals surface area contributed by atoms with E-state index in [0.29, 0.717) is 11.5 Å². The number of hydrogen-bond donors (Lipinski definition) is 0. The van der Waals surface area contributed by atoms with Gasteiger partial charge in [-0.25, -0.2) is 0 Å². The molecule has 3 heteroatoms. The van der Waals surface area contributed by atoms with E-state index in [1.165, 1.54) is 0 Å². The van der Waals surface area contributed by atoms with E-state index in [0.717, 1.165) is 50.1 Å². The van der Waals surface area contributed by atoms with Gasteiger partial charge in [-0.1, -0.05) is 103 Å². The van der Waals surface area contributed by atoms with Crippen molar-refractivity contribution in [2.75, 3.05) is 14.2 Å². The lowest BCUT2D eigenvalue weighted by Crippen LogP contribution is -1.97. The largest absolute Gasteiger partial charge is 0.493 e. The average molecular weight is 494 g/mol. The van der Waals surface area contributed by atoms with Crippen molar-refractivity contribution in [1.29, 1.82) is 5.26 Å². The maximum atomic E-state index is 9.84. The molecule has 38 heavy (non-hydrogen) atoms. The molecular formula is C35H27NO2. The van der Waals surface area contributed by atoms with Crippen LogP contribution in [0.2, 0.25) is 0 Å². The second-order valence-electron chi connectivity index (χ2n) is 8.79. The molecule has 0 spiro atoms. The third-order valence-electron chi connectivity index (χ3n) is 6.62. The molecule has 0 bridgehead atoms. The first kappa shape index (κ1) is 24.6. The van der Waals surface area contributed by atoms with Gasteiger partial charge in [-0.15, -0.1) is 0 Å². The molecule has 0 heterocycles. The third-order valence-corrected chi connectivity index (χ3v) is 6.62. The summed E-state index contributed by atoms with van der Waals surface area (Å²) in [5, 5.41) is 9.84. The molecule has 5 rings (SSSR count). The van der Waals surface area contributed by atoms with Crippen molar-refractivity contribution in [3.05, 3.63) is 139 Å². The van der Waals surface area contributed by atoms with Gasteiger partial charge in [-0.2, -0.15) is 5.26 Å². The number of nitrogens with zero attached hydrogens (tertiary/aromatic N) is 1. The lowest BCUT2D eigenvalue weighted by atomic mass is 9.86. The van der Waals surface area contributed by atoms with Gasteiger partial charge in [0, 0.05) is 11.6 Å². The van der Waals surface area contributed by atoms with Gasteiger partial charge in [0.05, 0.1) is 20.3 Å². The lowest BCUT2D eigenvalue weighted by molar-refractivity contribution is 0.355. The first-order valence-electron chi connectivity index (χ1n) is 12.4. The van der Waals surface area contributed by atoms with E-state index in [4.69, 9.17) is 9.47 Å². The van der Waals surface area contributed by atoms with Crippen LogP contribution < -0.4 is 9.47 Å². The van der Waals surface area contributed by atoms with E-state index in [1.807, 2.05) is 42.5 Å². The van der Waals surface area contributed by atoms with E-state index >= 15 is 0 Å². The molecule has 184 valence electrons. The Balaban J connectivity index is 1.75. The van der Waals surface area contributed by atoms with Crippen LogP contribution in [-0.2, 0) is 0 Å². The number of nitriles is 1. The van der Waals surface area contributed by atoms with Gasteiger partial charge >= 0.3 is 0 Å². The van der Waals surface area contributed by atoms with E-state index in [2.05, 4.69) is 84.9 Å². The molecule has 0 amide bonds. The molecule has 0 unspecified atom stereocenters. The summed E-state index contributed by atoms with van der Waals surface area (Å²) in [7, 11) is 3.23. The average Bonchev–Trinajstić information content (AvgIpc) is 3.00. The summed E-state index contributed by atoms with van der Waals surface area (Å²) in [4.78, 5) is 0. The van der Waals surface area contributed by atoms with Crippen molar-refractivity contribution < 1.29 is 9.47 Å². The minimum atomic E-state index is 0.612. The molecule has 5 aromatic rings. The molecule has 0 saturated carbocycles. The molecule has 0 aliphatic carbocycles. The smallest absolute Gasteiger partial charge is 0.161 e. The number of methoxy groups -OCH3 is 2. The highest BCUT2D eigenvalue weighted by Crippen LogP contribution is 2.40. The molecule has 0 fully saturated rings. The highest BCUT2D eigenvalue weighted by Gasteiger charge is 2.17. The molecule has 0 aliphatic rings. The summed E-state index contributed by atoms with van der Waals surface area (Å²) in [6.45, 7) is 0. The molecule has 0 atom stereocenters. The van der Waals surface area contributed by atoms with E-state index < -0.39 is 0 Å². The second-order valence-corrected chi connectivity index (χ2v) is 8.79. The van der Waals surface area contributed by atoms with Crippen LogP contribution in [-0.4, -0.2) is 14.2 Å². The first-order chi connectivity index (χ1) is 18.7. The molecule has 0 radical (unpaired) electrons. The van der Waals surface area contributed by atoms with Crippen LogP contribution in [0, 0.1) is 11.3 Å². The highest BCUT2D eigenvalue weighted by atomic mass is 16.5. The minimum Gasteiger partial charge on any atom is -0.493 e. The maximum Gasteiger partial charge on any atom is 0.161 e. The summed E-state index contributed by atoms with van der Waals surface area (Å²) in [6, 6.07) is 43.6. The van der Waals surface area contributed by atoms with Crippen LogP contribution in [0.5, 0.6) is 11.5 Å². The topological polar surface area (TPSA) is 42.2 Å². The molecular weight excluding hydrogens is 466 g/mol. The number of allylic oxidation sites excluding steroid dienone is 1. The zero-order chi connectivity index (χ0) is 26.3. The quantitative estimate of drug-likeness (QED) is 0.213. The van der Waals surface area contributed by atoms with Gasteiger partial charge in [0.25, 0.3) is 0 Å². The van der Waals surface area contributed by atoms with Crippen molar-refractivity contribution in [3.63, 3.8) is 0 Å². The van der Waals surface area contributed by atoms with Crippen molar-refractivity contribution in [1.82, 2.24) is 0 Å². The van der Waals surface area contributed by atoms with Crippen LogP contribution in [0.3, 0.4) is 0 Å². The summed E-state index contributed by atoms with van der Waals surface area (Å²) in [5.41, 5.74) is 9.28. The molecule has 5 aromatic carbocycles. The Bertz CT molecular complexity index is 1630. The zero-order valence-corrected chi connectivity index (χ0v) is 21.4. The number of rotatable bonds is 7. The monoisotopic (exact) mass is 493 g/mol. The van der Waals surface area contributed by atoms with Crippen LogP contribution >= 0.6 is 0 Å². The van der Waals surface area contributed by atoms with Crippen molar-refractivity contribution >= 4 is 5.57 Å². The Hall–Kier alpha value is -5.07. The lowest BCUT2D eigenvalue weighted by Gasteiger charge is -2.18. The Morgan fingerprint density at radius 1 is 0.579 bits per heavy atom. The van der Waals surface area contributed by atoms with Crippen molar-refractivity contribution in [2.24, 2.45) is 0 Å². The summed E-state index contributed by atoms with van der Waals surface area (Å²) in [6.07, 6.45) is 1.61. The van der Waals surface area contributed by atoms with Crippen molar-refractivity contribution in [2.45, 2.75) is 0 Å². The molecule has 0 N–H and O–H groups in total. The molecule has 0 aromatic heterocycles. The summed E-state index contributed by atoms with van der Waals surface area (Å²) in [5.74, 6) is 1.25. The fraction of sp³-hybridized carbons (Fsp3) is 0.0571. The van der Waals surface area contributed by atoms with Gasteiger partial charge in [0.1, 0.15) is 0 Å². The predicted molar refractivity (Wildman–Crippen MR) is 155 cm³/mol. The van der Waals surface area contributed by atoms with Gasteiger partial charge in [0.2, 0.25) is 0 Å².